The molecular weight excluding hydrogens is 853 g/mol. The summed E-state index contributed by atoms with van der Waals surface area (Å²) in [5.41, 5.74) is 0. The van der Waals surface area contributed by atoms with Gasteiger partial charge in [0.05, 0.1) is 19.8 Å². The minimum absolute atomic E-state index is 0.138. The first kappa shape index (κ1) is 59.1. The summed E-state index contributed by atoms with van der Waals surface area (Å²) in [7, 11) is 0. The van der Waals surface area contributed by atoms with Crippen molar-refractivity contribution < 1.29 is 73.8 Å². The lowest BCUT2D eigenvalue weighted by Crippen LogP contribution is -2.61. The Morgan fingerprint density at radius 2 is 0.909 bits per heavy atom. The average molecular weight is 937 g/mol. The number of allylic oxidation sites excluding steroid dienone is 12. The number of esters is 2. The van der Waals surface area contributed by atoms with Crippen LogP contribution in [0.5, 0.6) is 0 Å². The van der Waals surface area contributed by atoms with Crippen LogP contribution < -0.4 is 0 Å². The van der Waals surface area contributed by atoms with Gasteiger partial charge < -0.3 is 64.2 Å². The summed E-state index contributed by atoms with van der Waals surface area (Å²) in [4.78, 5) is 25.7. The zero-order valence-electron chi connectivity index (χ0n) is 39.6. The van der Waals surface area contributed by atoms with E-state index in [1.807, 2.05) is 0 Å². The van der Waals surface area contributed by atoms with E-state index in [4.69, 9.17) is 28.4 Å². The van der Waals surface area contributed by atoms with Gasteiger partial charge in [0.15, 0.2) is 18.7 Å². The first-order valence-electron chi connectivity index (χ1n) is 24.5. The normalized spacial score (nSPS) is 26.8. The first-order chi connectivity index (χ1) is 32.0. The molecule has 378 valence electrons. The standard InChI is InChI=1S/C51H84O15/c1-3-5-7-9-11-13-15-17-19-21-23-25-27-29-31-33-42(53)61-36-39(64-43(54)34-32-30-28-26-24-22-20-18-16-14-12-10-8-6-4-2)37-62-50-49(60)47(58)45(56)41(66-50)38-63-51-48(59)46(57)44(55)40(35-52)65-51/h5-8,11-14,17-20,39-41,44-52,55-60H,3-4,9-10,15-16,21-38H2,1-2H3/t39-,40-,41-,44+,45+,46?,47?,48?,49?,50-,51-/m1/s1. The fraction of sp³-hybridized carbons (Fsp3) is 0.725. The van der Waals surface area contributed by atoms with Crippen LogP contribution in [0, 0.1) is 0 Å². The highest BCUT2D eigenvalue weighted by molar-refractivity contribution is 5.70. The third kappa shape index (κ3) is 25.9. The Morgan fingerprint density at radius 3 is 1.42 bits per heavy atom. The second-order valence-corrected chi connectivity index (χ2v) is 16.9. The Bertz CT molecular complexity index is 1430. The maximum Gasteiger partial charge on any atom is 0.306 e. The van der Waals surface area contributed by atoms with Gasteiger partial charge in [0.1, 0.15) is 55.4 Å². The average Bonchev–Trinajstić information content (AvgIpc) is 3.31. The smallest absolute Gasteiger partial charge is 0.306 e. The molecule has 0 aromatic heterocycles. The second kappa shape index (κ2) is 37.9. The number of hydrogen-bond donors (Lipinski definition) is 7. The van der Waals surface area contributed by atoms with Crippen LogP contribution in [0.15, 0.2) is 72.9 Å². The van der Waals surface area contributed by atoms with Crippen LogP contribution in [-0.2, 0) is 38.0 Å². The SMILES string of the molecule is CCC=CCC=CCC=CCCCCCCCC(=O)OC[C@H](CO[C@@H]1O[C@H](CO[C@@H]2O[C@H](CO)[C@H](O)C(O)C2O)[C@H](O)C(O)C1O)OC(=O)CCCCCCCC=CCC=CCC=CCC. The molecule has 2 saturated heterocycles. The number of aliphatic hydroxyl groups is 7. The molecule has 0 bridgehead atoms. The fourth-order valence-corrected chi connectivity index (χ4v) is 7.18. The van der Waals surface area contributed by atoms with E-state index in [-0.39, 0.29) is 19.4 Å². The van der Waals surface area contributed by atoms with Crippen molar-refractivity contribution in [3.8, 4) is 0 Å². The number of aliphatic hydroxyl groups excluding tert-OH is 7. The molecule has 0 spiro atoms. The van der Waals surface area contributed by atoms with Crippen LogP contribution in [0.4, 0.5) is 0 Å². The summed E-state index contributed by atoms with van der Waals surface area (Å²) in [6.07, 6.45) is 26.5. The summed E-state index contributed by atoms with van der Waals surface area (Å²) < 4.78 is 33.5. The predicted molar refractivity (Wildman–Crippen MR) is 252 cm³/mol. The van der Waals surface area contributed by atoms with E-state index in [9.17, 15) is 45.3 Å². The van der Waals surface area contributed by atoms with Crippen molar-refractivity contribution in [2.24, 2.45) is 0 Å². The molecule has 0 radical (unpaired) electrons. The number of carbonyl (C=O) groups is 2. The summed E-state index contributed by atoms with van der Waals surface area (Å²) in [6, 6.07) is 0. The van der Waals surface area contributed by atoms with Gasteiger partial charge in [-0.2, -0.15) is 0 Å². The van der Waals surface area contributed by atoms with Gasteiger partial charge in [0.2, 0.25) is 0 Å². The van der Waals surface area contributed by atoms with Crippen LogP contribution >= 0.6 is 0 Å². The van der Waals surface area contributed by atoms with Crippen LogP contribution in [0.3, 0.4) is 0 Å². The summed E-state index contributed by atoms with van der Waals surface area (Å²) in [6.45, 7) is 2.30. The van der Waals surface area contributed by atoms with Crippen molar-refractivity contribution in [1.29, 1.82) is 0 Å². The topological polar surface area (TPSA) is 231 Å². The van der Waals surface area contributed by atoms with Gasteiger partial charge in [-0.05, 0) is 77.0 Å². The lowest BCUT2D eigenvalue weighted by molar-refractivity contribution is -0.332. The molecule has 0 aliphatic carbocycles. The molecule has 0 saturated carbocycles. The molecule has 2 heterocycles. The van der Waals surface area contributed by atoms with Crippen LogP contribution in [-0.4, -0.2) is 142 Å². The van der Waals surface area contributed by atoms with Crippen LogP contribution in [0.2, 0.25) is 0 Å². The highest BCUT2D eigenvalue weighted by Gasteiger charge is 2.47. The molecule has 0 aromatic rings. The first-order valence-corrected chi connectivity index (χ1v) is 24.5. The van der Waals surface area contributed by atoms with E-state index in [1.165, 1.54) is 0 Å². The molecule has 4 unspecified atom stereocenters. The number of carbonyl (C=O) groups excluding carboxylic acids is 2. The maximum atomic E-state index is 13.0. The molecule has 2 aliphatic heterocycles. The second-order valence-electron chi connectivity index (χ2n) is 16.9. The van der Waals surface area contributed by atoms with Crippen molar-refractivity contribution in [2.75, 3.05) is 26.4 Å². The van der Waals surface area contributed by atoms with Gasteiger partial charge >= 0.3 is 11.9 Å². The van der Waals surface area contributed by atoms with E-state index in [0.717, 1.165) is 103 Å². The van der Waals surface area contributed by atoms with Gasteiger partial charge in [-0.3, -0.25) is 9.59 Å². The maximum absolute atomic E-state index is 13.0. The Labute approximate surface area is 393 Å². The Morgan fingerprint density at radius 1 is 0.485 bits per heavy atom. The molecule has 11 atom stereocenters. The molecule has 15 heteroatoms. The number of unbranched alkanes of at least 4 members (excludes halogenated alkanes) is 10. The summed E-state index contributed by atoms with van der Waals surface area (Å²) >= 11 is 0. The van der Waals surface area contributed by atoms with Crippen LogP contribution in [0.1, 0.15) is 142 Å². The third-order valence-electron chi connectivity index (χ3n) is 11.2. The minimum atomic E-state index is -1.77. The van der Waals surface area contributed by atoms with Crippen molar-refractivity contribution in [2.45, 2.75) is 210 Å². The lowest BCUT2D eigenvalue weighted by atomic mass is 9.98. The highest BCUT2D eigenvalue weighted by Crippen LogP contribution is 2.26. The molecular formula is C51H84O15. The third-order valence-corrected chi connectivity index (χ3v) is 11.2. The van der Waals surface area contributed by atoms with E-state index in [1.54, 1.807) is 0 Å². The minimum Gasteiger partial charge on any atom is -0.462 e. The number of rotatable bonds is 36. The van der Waals surface area contributed by atoms with Crippen LogP contribution in [0.25, 0.3) is 0 Å². The van der Waals surface area contributed by atoms with Crippen molar-refractivity contribution in [3.05, 3.63) is 72.9 Å². The van der Waals surface area contributed by atoms with Gasteiger partial charge in [-0.15, -0.1) is 0 Å². The van der Waals surface area contributed by atoms with Crippen molar-refractivity contribution in [3.63, 3.8) is 0 Å². The fourth-order valence-electron chi connectivity index (χ4n) is 7.18. The zero-order chi connectivity index (χ0) is 48.2. The predicted octanol–water partition coefficient (Wildman–Crippen LogP) is 6.26. The largest absolute Gasteiger partial charge is 0.462 e. The van der Waals surface area contributed by atoms with Gasteiger partial charge in [0.25, 0.3) is 0 Å². The van der Waals surface area contributed by atoms with Crippen molar-refractivity contribution in [1.82, 2.24) is 0 Å². The number of hydrogen-bond acceptors (Lipinski definition) is 15. The highest BCUT2D eigenvalue weighted by atomic mass is 16.7. The number of ether oxygens (including phenoxy) is 6. The molecule has 66 heavy (non-hydrogen) atoms. The van der Waals surface area contributed by atoms with E-state index >= 15 is 0 Å². The van der Waals surface area contributed by atoms with E-state index in [0.29, 0.717) is 12.8 Å². The van der Waals surface area contributed by atoms with Gasteiger partial charge in [-0.1, -0.05) is 125 Å². The molecule has 2 aliphatic rings. The van der Waals surface area contributed by atoms with Crippen molar-refractivity contribution >= 4 is 11.9 Å². The lowest BCUT2D eigenvalue weighted by Gasteiger charge is -2.42. The molecule has 7 N–H and O–H groups in total. The van der Waals surface area contributed by atoms with Gasteiger partial charge in [0, 0.05) is 12.8 Å². The molecule has 0 aromatic carbocycles. The monoisotopic (exact) mass is 937 g/mol. The summed E-state index contributed by atoms with van der Waals surface area (Å²) in [5.74, 6) is -0.973. The summed E-state index contributed by atoms with van der Waals surface area (Å²) in [5, 5.41) is 72.0. The molecule has 2 rings (SSSR count). The Kier molecular flexibility index (Phi) is 33.9. The molecule has 2 fully saturated rings. The van der Waals surface area contributed by atoms with E-state index in [2.05, 4.69) is 86.8 Å². The van der Waals surface area contributed by atoms with E-state index < -0.39 is 99.3 Å². The molecule has 0 amide bonds. The zero-order valence-corrected chi connectivity index (χ0v) is 39.6. The quantitative estimate of drug-likeness (QED) is 0.0209. The Hall–Kier alpha value is -3.06. The van der Waals surface area contributed by atoms with Gasteiger partial charge in [-0.25, -0.2) is 0 Å². The molecule has 15 nitrogen and oxygen atoms in total. The Balaban J connectivity index is 1.84.